The van der Waals surface area contributed by atoms with Crippen LogP contribution in [0.25, 0.3) is 0 Å². The van der Waals surface area contributed by atoms with Gasteiger partial charge in [-0.1, -0.05) is 12.8 Å². The van der Waals surface area contributed by atoms with Gasteiger partial charge in [0.05, 0.1) is 19.2 Å². The molecule has 0 radical (unpaired) electrons. The quantitative estimate of drug-likeness (QED) is 0.820. The Balaban J connectivity index is 1.79. The molecule has 1 fully saturated rings. The second-order valence-corrected chi connectivity index (χ2v) is 5.29. The van der Waals surface area contributed by atoms with Crippen molar-refractivity contribution < 1.29 is 9.53 Å². The summed E-state index contributed by atoms with van der Waals surface area (Å²) in [6.45, 7) is 1.01. The second-order valence-electron chi connectivity index (χ2n) is 4.43. The molecule has 0 atom stereocenters. The lowest BCUT2D eigenvalue weighted by atomic mass is 10.1. The zero-order valence-corrected chi connectivity index (χ0v) is 10.9. The normalized spacial score (nSPS) is 16.1. The molecule has 1 N–H and O–H groups in total. The van der Waals surface area contributed by atoms with Crippen LogP contribution in [0.15, 0.2) is 5.38 Å². The molecular weight excluding hydrogens is 236 g/mol. The summed E-state index contributed by atoms with van der Waals surface area (Å²) in [7, 11) is 1.40. The summed E-state index contributed by atoms with van der Waals surface area (Å²) < 4.78 is 4.61. The smallest absolute Gasteiger partial charge is 0.311 e. The molecule has 0 unspecified atom stereocenters. The van der Waals surface area contributed by atoms with Crippen molar-refractivity contribution in [1.29, 1.82) is 0 Å². The van der Waals surface area contributed by atoms with Crippen molar-refractivity contribution in [3.05, 3.63) is 11.1 Å². The number of thiazole rings is 1. The number of hydrogen-bond acceptors (Lipinski definition) is 5. The van der Waals surface area contributed by atoms with E-state index in [2.05, 4.69) is 15.0 Å². The Morgan fingerprint density at radius 1 is 1.59 bits per heavy atom. The molecule has 4 nitrogen and oxygen atoms in total. The Kier molecular flexibility index (Phi) is 4.36. The molecule has 1 aromatic heterocycles. The Labute approximate surface area is 105 Å². The fourth-order valence-electron chi connectivity index (χ4n) is 2.14. The standard InChI is InChI=1S/C12H18N2O2S/c1-16-11(15)6-10-8-17-12(14-10)13-7-9-4-2-3-5-9/h8-9H,2-7H2,1H3,(H,13,14). The number of esters is 1. The van der Waals surface area contributed by atoms with Crippen LogP contribution in [0.3, 0.4) is 0 Å². The van der Waals surface area contributed by atoms with Crippen LogP contribution < -0.4 is 5.32 Å². The third-order valence-corrected chi connectivity index (χ3v) is 3.97. The SMILES string of the molecule is COC(=O)Cc1csc(NCC2CCCC2)n1. The first-order chi connectivity index (χ1) is 8.28. The minimum absolute atomic E-state index is 0.238. The third-order valence-electron chi connectivity index (χ3n) is 3.12. The van der Waals surface area contributed by atoms with Gasteiger partial charge in [-0.05, 0) is 18.8 Å². The van der Waals surface area contributed by atoms with E-state index in [1.54, 1.807) is 11.3 Å². The first-order valence-corrected chi connectivity index (χ1v) is 6.91. The van der Waals surface area contributed by atoms with Crippen molar-refractivity contribution in [3.8, 4) is 0 Å². The number of rotatable bonds is 5. The maximum Gasteiger partial charge on any atom is 0.311 e. The highest BCUT2D eigenvalue weighted by Gasteiger charge is 2.15. The highest BCUT2D eigenvalue weighted by Crippen LogP contribution is 2.25. The molecule has 0 spiro atoms. The Bertz CT molecular complexity index is 372. The fourth-order valence-corrected chi connectivity index (χ4v) is 2.86. The van der Waals surface area contributed by atoms with E-state index in [9.17, 15) is 4.79 Å². The number of anilines is 1. The molecule has 1 heterocycles. The molecule has 5 heteroatoms. The Morgan fingerprint density at radius 2 is 2.35 bits per heavy atom. The van der Waals surface area contributed by atoms with Crippen molar-refractivity contribution in [2.24, 2.45) is 5.92 Å². The summed E-state index contributed by atoms with van der Waals surface area (Å²) in [5.41, 5.74) is 0.788. The van der Waals surface area contributed by atoms with Gasteiger partial charge in [-0.2, -0.15) is 0 Å². The summed E-state index contributed by atoms with van der Waals surface area (Å²) in [5, 5.41) is 6.18. The molecule has 0 aliphatic heterocycles. The lowest BCUT2D eigenvalue weighted by molar-refractivity contribution is -0.139. The number of carbonyl (C=O) groups is 1. The van der Waals surface area contributed by atoms with Crippen LogP contribution in [0, 0.1) is 5.92 Å². The number of nitrogens with zero attached hydrogens (tertiary/aromatic N) is 1. The molecule has 0 aromatic carbocycles. The molecule has 1 aromatic rings. The van der Waals surface area contributed by atoms with Gasteiger partial charge in [0.2, 0.25) is 0 Å². The Hall–Kier alpha value is -1.10. The minimum atomic E-state index is -0.238. The highest BCUT2D eigenvalue weighted by atomic mass is 32.1. The largest absolute Gasteiger partial charge is 0.469 e. The van der Waals surface area contributed by atoms with E-state index < -0.39 is 0 Å². The van der Waals surface area contributed by atoms with Crippen LogP contribution >= 0.6 is 11.3 Å². The van der Waals surface area contributed by atoms with E-state index in [4.69, 9.17) is 0 Å². The van der Waals surface area contributed by atoms with Gasteiger partial charge in [-0.25, -0.2) is 4.98 Å². The first kappa shape index (κ1) is 12.4. The zero-order valence-electron chi connectivity index (χ0n) is 10.1. The van der Waals surface area contributed by atoms with Gasteiger partial charge in [0.25, 0.3) is 0 Å². The van der Waals surface area contributed by atoms with Crippen LogP contribution in [0.1, 0.15) is 31.4 Å². The van der Waals surface area contributed by atoms with Crippen LogP contribution in [0.2, 0.25) is 0 Å². The van der Waals surface area contributed by atoms with E-state index in [1.165, 1.54) is 32.8 Å². The van der Waals surface area contributed by atoms with Crippen LogP contribution in [0.4, 0.5) is 5.13 Å². The van der Waals surface area contributed by atoms with Gasteiger partial charge >= 0.3 is 5.97 Å². The van der Waals surface area contributed by atoms with Crippen molar-refractivity contribution in [2.75, 3.05) is 19.0 Å². The molecule has 0 saturated heterocycles. The summed E-state index contributed by atoms with van der Waals surface area (Å²) in [5.74, 6) is 0.556. The number of aromatic nitrogens is 1. The molecule has 94 valence electrons. The van der Waals surface area contributed by atoms with Crippen molar-refractivity contribution in [1.82, 2.24) is 4.98 Å². The highest BCUT2D eigenvalue weighted by molar-refractivity contribution is 7.13. The minimum Gasteiger partial charge on any atom is -0.469 e. The van der Waals surface area contributed by atoms with Crippen LogP contribution in [0.5, 0.6) is 0 Å². The molecular formula is C12H18N2O2S. The number of carbonyl (C=O) groups excluding carboxylic acids is 1. The van der Waals surface area contributed by atoms with E-state index in [0.29, 0.717) is 0 Å². The lowest BCUT2D eigenvalue weighted by Gasteiger charge is -2.08. The lowest BCUT2D eigenvalue weighted by Crippen LogP contribution is -2.11. The van der Waals surface area contributed by atoms with Gasteiger partial charge in [0.15, 0.2) is 5.13 Å². The molecule has 0 amide bonds. The van der Waals surface area contributed by atoms with Gasteiger partial charge in [-0.3, -0.25) is 4.79 Å². The van der Waals surface area contributed by atoms with Gasteiger partial charge in [-0.15, -0.1) is 11.3 Å². The molecule has 2 rings (SSSR count). The second kappa shape index (κ2) is 6.00. The van der Waals surface area contributed by atoms with Crippen molar-refractivity contribution >= 4 is 22.4 Å². The predicted molar refractivity (Wildman–Crippen MR) is 68.3 cm³/mol. The Morgan fingerprint density at radius 3 is 3.06 bits per heavy atom. The van der Waals surface area contributed by atoms with E-state index in [-0.39, 0.29) is 12.4 Å². The van der Waals surface area contributed by atoms with Gasteiger partial charge < -0.3 is 10.1 Å². The molecule has 1 aliphatic carbocycles. The summed E-state index contributed by atoms with van der Waals surface area (Å²) in [6, 6.07) is 0. The van der Waals surface area contributed by atoms with E-state index >= 15 is 0 Å². The molecule has 0 bridgehead atoms. The summed E-state index contributed by atoms with van der Waals surface area (Å²) in [4.78, 5) is 15.4. The summed E-state index contributed by atoms with van der Waals surface area (Å²) in [6.07, 6.45) is 5.63. The number of nitrogens with one attached hydrogen (secondary N) is 1. The van der Waals surface area contributed by atoms with Crippen LogP contribution in [-0.4, -0.2) is 24.6 Å². The molecule has 1 aliphatic rings. The predicted octanol–water partition coefficient (Wildman–Crippen LogP) is 2.46. The maximum absolute atomic E-state index is 11.1. The van der Waals surface area contributed by atoms with Gasteiger partial charge in [0.1, 0.15) is 0 Å². The van der Waals surface area contributed by atoms with Crippen molar-refractivity contribution in [2.45, 2.75) is 32.1 Å². The monoisotopic (exact) mass is 254 g/mol. The average Bonchev–Trinajstić information content (AvgIpc) is 2.97. The van der Waals surface area contributed by atoms with E-state index in [0.717, 1.165) is 23.3 Å². The molecule has 1 saturated carbocycles. The van der Waals surface area contributed by atoms with Crippen LogP contribution in [-0.2, 0) is 16.0 Å². The zero-order chi connectivity index (χ0) is 12.1. The topological polar surface area (TPSA) is 51.2 Å². The third kappa shape index (κ3) is 3.70. The first-order valence-electron chi connectivity index (χ1n) is 6.03. The number of hydrogen-bond donors (Lipinski definition) is 1. The average molecular weight is 254 g/mol. The van der Waals surface area contributed by atoms with Gasteiger partial charge in [0, 0.05) is 11.9 Å². The summed E-state index contributed by atoms with van der Waals surface area (Å²) >= 11 is 1.56. The van der Waals surface area contributed by atoms with Crippen molar-refractivity contribution in [3.63, 3.8) is 0 Å². The fraction of sp³-hybridized carbons (Fsp3) is 0.667. The maximum atomic E-state index is 11.1. The number of methoxy groups -OCH3 is 1. The van der Waals surface area contributed by atoms with E-state index in [1.807, 2.05) is 5.38 Å². The number of ether oxygens (including phenoxy) is 1. The molecule has 17 heavy (non-hydrogen) atoms.